The fourth-order valence-corrected chi connectivity index (χ4v) is 2.95. The Hall–Kier alpha value is -3.41. The summed E-state index contributed by atoms with van der Waals surface area (Å²) in [7, 11) is 0. The Balaban J connectivity index is 1.46. The lowest BCUT2D eigenvalue weighted by molar-refractivity contribution is 0.0895. The largest absolute Gasteiger partial charge is 0.361 e. The summed E-state index contributed by atoms with van der Waals surface area (Å²) in [4.78, 5) is 19.8. The normalized spacial score (nSPS) is 12.2. The predicted octanol–water partition coefficient (Wildman–Crippen LogP) is 3.63. The van der Waals surface area contributed by atoms with Crippen LogP contribution in [-0.4, -0.2) is 21.0 Å². The van der Waals surface area contributed by atoms with Gasteiger partial charge in [-0.3, -0.25) is 4.79 Å². The minimum atomic E-state index is -0.376. The highest BCUT2D eigenvalue weighted by Gasteiger charge is 2.18. The quantitative estimate of drug-likeness (QED) is 0.578. The van der Waals surface area contributed by atoms with Crippen LogP contribution in [0.5, 0.6) is 0 Å². The van der Waals surface area contributed by atoms with Gasteiger partial charge in [-0.1, -0.05) is 53.7 Å². The van der Waals surface area contributed by atoms with Gasteiger partial charge in [0, 0.05) is 23.5 Å². The summed E-state index contributed by atoms with van der Waals surface area (Å²) in [6.45, 7) is 1.91. The van der Waals surface area contributed by atoms with E-state index in [9.17, 15) is 4.79 Å². The maximum Gasteiger partial charge on any atom is 0.315 e. The van der Waals surface area contributed by atoms with Gasteiger partial charge in [-0.05, 0) is 24.1 Å². The van der Waals surface area contributed by atoms with Crippen LogP contribution in [0.2, 0.25) is 0 Å². The number of carbonyl (C=O) groups excluding carboxylic acids is 1. The molecule has 0 saturated carbocycles. The maximum absolute atomic E-state index is 12.3. The molecule has 0 aliphatic heterocycles. The number of nitrogens with one attached hydrogen (secondary N) is 2. The first-order valence-electron chi connectivity index (χ1n) is 8.44. The zero-order valence-electron chi connectivity index (χ0n) is 14.3. The minimum absolute atomic E-state index is 0.0253. The van der Waals surface area contributed by atoms with E-state index in [2.05, 4.69) is 20.4 Å². The van der Waals surface area contributed by atoms with Crippen molar-refractivity contribution in [2.24, 2.45) is 0 Å². The number of rotatable bonds is 5. The number of para-hydroxylation sites is 1. The van der Waals surface area contributed by atoms with Crippen LogP contribution < -0.4 is 5.32 Å². The van der Waals surface area contributed by atoms with Crippen LogP contribution in [0.25, 0.3) is 10.9 Å². The second kappa shape index (κ2) is 6.84. The summed E-state index contributed by atoms with van der Waals surface area (Å²) >= 11 is 0. The minimum Gasteiger partial charge on any atom is -0.361 e. The SMILES string of the molecule is CC(NC(=O)c1nc(Cc2c[nH]c3ccccc23)no1)c1ccccc1. The molecule has 1 unspecified atom stereocenters. The Morgan fingerprint density at radius 2 is 1.92 bits per heavy atom. The second-order valence-corrected chi connectivity index (χ2v) is 6.16. The van der Waals surface area contributed by atoms with E-state index in [-0.39, 0.29) is 17.8 Å². The highest BCUT2D eigenvalue weighted by Crippen LogP contribution is 2.20. The van der Waals surface area contributed by atoms with E-state index in [4.69, 9.17) is 4.52 Å². The van der Waals surface area contributed by atoms with Crippen LogP contribution in [-0.2, 0) is 6.42 Å². The first-order chi connectivity index (χ1) is 12.7. The van der Waals surface area contributed by atoms with Crippen molar-refractivity contribution < 1.29 is 9.32 Å². The highest BCUT2D eigenvalue weighted by molar-refractivity contribution is 5.89. The summed E-state index contributed by atoms with van der Waals surface area (Å²) in [5.74, 6) is 0.0777. The smallest absolute Gasteiger partial charge is 0.315 e. The molecule has 2 heterocycles. The third-order valence-corrected chi connectivity index (χ3v) is 4.33. The first-order valence-corrected chi connectivity index (χ1v) is 8.44. The number of benzene rings is 2. The third kappa shape index (κ3) is 3.21. The van der Waals surface area contributed by atoms with Crippen molar-refractivity contribution in [2.75, 3.05) is 0 Å². The van der Waals surface area contributed by atoms with Gasteiger partial charge in [-0.25, -0.2) is 0 Å². The molecule has 26 heavy (non-hydrogen) atoms. The van der Waals surface area contributed by atoms with Gasteiger partial charge in [-0.2, -0.15) is 4.98 Å². The Morgan fingerprint density at radius 3 is 2.77 bits per heavy atom. The molecule has 4 rings (SSSR count). The summed E-state index contributed by atoms with van der Waals surface area (Å²) in [6.07, 6.45) is 2.42. The van der Waals surface area contributed by atoms with E-state index < -0.39 is 0 Å². The van der Waals surface area contributed by atoms with Crippen molar-refractivity contribution >= 4 is 16.8 Å². The number of nitrogens with zero attached hydrogens (tertiary/aromatic N) is 2. The lowest BCUT2D eigenvalue weighted by atomic mass is 10.1. The second-order valence-electron chi connectivity index (χ2n) is 6.16. The molecule has 4 aromatic rings. The third-order valence-electron chi connectivity index (χ3n) is 4.33. The Morgan fingerprint density at radius 1 is 1.15 bits per heavy atom. The molecule has 2 N–H and O–H groups in total. The highest BCUT2D eigenvalue weighted by atomic mass is 16.5. The van der Waals surface area contributed by atoms with E-state index in [0.717, 1.165) is 22.0 Å². The molecule has 2 aromatic carbocycles. The standard InChI is InChI=1S/C20H18N4O2/c1-13(14-7-3-2-4-8-14)22-19(25)20-23-18(24-26-20)11-15-12-21-17-10-6-5-9-16(15)17/h2-10,12-13,21H,11H2,1H3,(H,22,25). The average Bonchev–Trinajstić information content (AvgIpc) is 3.30. The molecule has 130 valence electrons. The van der Waals surface area contributed by atoms with Gasteiger partial charge in [-0.15, -0.1) is 0 Å². The van der Waals surface area contributed by atoms with Gasteiger partial charge in [0.1, 0.15) is 0 Å². The predicted molar refractivity (Wildman–Crippen MR) is 97.7 cm³/mol. The number of hydrogen-bond acceptors (Lipinski definition) is 4. The van der Waals surface area contributed by atoms with Gasteiger partial charge in [0.25, 0.3) is 0 Å². The van der Waals surface area contributed by atoms with Gasteiger partial charge in [0.05, 0.1) is 6.04 Å². The van der Waals surface area contributed by atoms with Crippen molar-refractivity contribution in [2.45, 2.75) is 19.4 Å². The molecule has 0 saturated heterocycles. The van der Waals surface area contributed by atoms with Crippen LogP contribution in [0.15, 0.2) is 65.3 Å². The average molecular weight is 346 g/mol. The van der Waals surface area contributed by atoms with E-state index in [1.54, 1.807) is 0 Å². The van der Waals surface area contributed by atoms with Crippen LogP contribution in [0.3, 0.4) is 0 Å². The fraction of sp³-hybridized carbons (Fsp3) is 0.150. The van der Waals surface area contributed by atoms with E-state index in [1.807, 2.05) is 67.7 Å². The molecule has 1 amide bonds. The van der Waals surface area contributed by atoms with Gasteiger partial charge in [0.15, 0.2) is 5.82 Å². The Kier molecular flexibility index (Phi) is 4.23. The first kappa shape index (κ1) is 16.1. The number of amides is 1. The van der Waals surface area contributed by atoms with Crippen LogP contribution in [0, 0.1) is 0 Å². The van der Waals surface area contributed by atoms with Gasteiger partial charge >= 0.3 is 11.8 Å². The van der Waals surface area contributed by atoms with Crippen molar-refractivity contribution in [1.29, 1.82) is 0 Å². The summed E-state index contributed by atoms with van der Waals surface area (Å²) < 4.78 is 5.14. The number of H-pyrrole nitrogens is 1. The molecule has 0 fully saturated rings. The molecular weight excluding hydrogens is 328 g/mol. The molecule has 0 aliphatic carbocycles. The van der Waals surface area contributed by atoms with Crippen molar-refractivity contribution in [3.05, 3.63) is 83.6 Å². The zero-order chi connectivity index (χ0) is 17.9. The van der Waals surface area contributed by atoms with Crippen LogP contribution in [0.1, 0.15) is 40.6 Å². The van der Waals surface area contributed by atoms with E-state index in [1.165, 1.54) is 0 Å². The molecule has 2 aromatic heterocycles. The van der Waals surface area contributed by atoms with Crippen molar-refractivity contribution in [3.63, 3.8) is 0 Å². The van der Waals surface area contributed by atoms with Crippen LogP contribution >= 0.6 is 0 Å². The number of aromatic amines is 1. The van der Waals surface area contributed by atoms with E-state index in [0.29, 0.717) is 12.2 Å². The fourth-order valence-electron chi connectivity index (χ4n) is 2.95. The molecular formula is C20H18N4O2. The molecule has 0 bridgehead atoms. The van der Waals surface area contributed by atoms with Crippen LogP contribution in [0.4, 0.5) is 0 Å². The lowest BCUT2D eigenvalue weighted by Gasteiger charge is -2.12. The monoisotopic (exact) mass is 346 g/mol. The lowest BCUT2D eigenvalue weighted by Crippen LogP contribution is -2.26. The van der Waals surface area contributed by atoms with E-state index >= 15 is 0 Å². The molecule has 0 aliphatic rings. The number of carbonyl (C=O) groups is 1. The zero-order valence-corrected chi connectivity index (χ0v) is 14.3. The summed E-state index contributed by atoms with van der Waals surface area (Å²) in [6, 6.07) is 17.6. The van der Waals surface area contributed by atoms with Crippen molar-refractivity contribution in [3.8, 4) is 0 Å². The molecule has 6 heteroatoms. The number of aromatic nitrogens is 3. The Labute approximate surface area is 150 Å². The summed E-state index contributed by atoms with van der Waals surface area (Å²) in [5, 5.41) is 7.92. The number of hydrogen-bond donors (Lipinski definition) is 2. The van der Waals surface area contributed by atoms with Gasteiger partial charge in [0.2, 0.25) is 0 Å². The van der Waals surface area contributed by atoms with Crippen molar-refractivity contribution in [1.82, 2.24) is 20.4 Å². The topological polar surface area (TPSA) is 83.8 Å². The number of fused-ring (bicyclic) bond motifs is 1. The maximum atomic E-state index is 12.3. The Bertz CT molecular complexity index is 1040. The molecule has 0 radical (unpaired) electrons. The molecule has 6 nitrogen and oxygen atoms in total. The molecule has 1 atom stereocenters. The summed E-state index contributed by atoms with van der Waals surface area (Å²) in [5.41, 5.74) is 3.13. The molecule has 0 spiro atoms. The van der Waals surface area contributed by atoms with Gasteiger partial charge < -0.3 is 14.8 Å².